The quantitative estimate of drug-likeness (QED) is 0.714. The van der Waals surface area contributed by atoms with Crippen molar-refractivity contribution in [2.24, 2.45) is 0 Å². The highest BCUT2D eigenvalue weighted by atomic mass is 32.1. The topological polar surface area (TPSA) is 107 Å². The minimum Gasteiger partial charge on any atom is -0.459 e. The molecule has 0 saturated heterocycles. The van der Waals surface area contributed by atoms with Crippen molar-refractivity contribution in [1.82, 2.24) is 14.5 Å². The highest BCUT2D eigenvalue weighted by molar-refractivity contribution is 7.22. The molecule has 0 saturated carbocycles. The second-order valence-electron chi connectivity index (χ2n) is 6.51. The molecule has 0 aliphatic heterocycles. The minimum atomic E-state index is -0.700. The number of fused-ring (bicyclic) bond motifs is 1. The Hall–Kier alpha value is -2.68. The molecule has 0 radical (unpaired) electrons. The molecule has 0 aliphatic rings. The van der Waals surface area contributed by atoms with Gasteiger partial charge in [-0.05, 0) is 33.3 Å². The van der Waals surface area contributed by atoms with Crippen LogP contribution in [0.15, 0.2) is 26.5 Å². The van der Waals surface area contributed by atoms with Crippen LogP contribution >= 0.6 is 11.3 Å². The normalized spacial score (nSPS) is 11.8. The third kappa shape index (κ3) is 3.27. The van der Waals surface area contributed by atoms with Gasteiger partial charge in [0.1, 0.15) is 23.2 Å². The van der Waals surface area contributed by atoms with Gasteiger partial charge in [-0.2, -0.15) is 0 Å². The zero-order chi connectivity index (χ0) is 18.4. The molecule has 0 aromatic carbocycles. The van der Waals surface area contributed by atoms with E-state index in [1.165, 1.54) is 23.8 Å². The largest absolute Gasteiger partial charge is 0.459 e. The number of aromatic amines is 1. The molecule has 0 aliphatic carbocycles. The van der Waals surface area contributed by atoms with E-state index in [2.05, 4.69) is 9.97 Å². The average Bonchev–Trinajstić information content (AvgIpc) is 3.09. The maximum atomic E-state index is 12.7. The molecule has 3 rings (SSSR count). The molecule has 0 atom stereocenters. The van der Waals surface area contributed by atoms with Gasteiger partial charge in [-0.3, -0.25) is 14.6 Å². The Morgan fingerprint density at radius 2 is 2.12 bits per heavy atom. The van der Waals surface area contributed by atoms with Gasteiger partial charge < -0.3 is 9.15 Å². The summed E-state index contributed by atoms with van der Waals surface area (Å²) in [5, 5.41) is 0.335. The maximum absolute atomic E-state index is 12.7. The van der Waals surface area contributed by atoms with Crippen LogP contribution in [0.1, 0.15) is 26.3 Å². The van der Waals surface area contributed by atoms with E-state index in [0.29, 0.717) is 26.5 Å². The molecule has 3 aromatic heterocycles. The van der Waals surface area contributed by atoms with E-state index >= 15 is 0 Å². The molecule has 3 heterocycles. The number of nitrogens with one attached hydrogen (secondary N) is 1. The lowest BCUT2D eigenvalue weighted by atomic mass is 10.2. The van der Waals surface area contributed by atoms with Crippen LogP contribution in [0.4, 0.5) is 0 Å². The predicted molar refractivity (Wildman–Crippen MR) is 92.8 cm³/mol. The standard InChI is InChI=1S/C16H17N3O5S/c1-8-10-13(25-11(8)12-17-5-6-23-12)18-15(22)19(14(10)21)7-9(20)24-16(2,3)4/h5-6H,7H2,1-4H3,(H,18,22). The monoisotopic (exact) mass is 363 g/mol. The molecule has 1 N–H and O–H groups in total. The van der Waals surface area contributed by atoms with E-state index in [4.69, 9.17) is 9.15 Å². The molecule has 0 amide bonds. The Morgan fingerprint density at radius 3 is 2.72 bits per heavy atom. The van der Waals surface area contributed by atoms with E-state index in [9.17, 15) is 14.4 Å². The van der Waals surface area contributed by atoms with Crippen LogP contribution in [0.25, 0.3) is 21.0 Å². The van der Waals surface area contributed by atoms with E-state index in [0.717, 1.165) is 4.57 Å². The molecule has 0 fully saturated rings. The van der Waals surface area contributed by atoms with Crippen LogP contribution in [-0.2, 0) is 16.1 Å². The third-order valence-electron chi connectivity index (χ3n) is 3.41. The number of thiophene rings is 1. The maximum Gasteiger partial charge on any atom is 0.329 e. The van der Waals surface area contributed by atoms with Crippen LogP contribution in [0, 0.1) is 6.92 Å². The number of rotatable bonds is 3. The lowest BCUT2D eigenvalue weighted by Crippen LogP contribution is -2.39. The van der Waals surface area contributed by atoms with Crippen LogP contribution in [0.2, 0.25) is 0 Å². The smallest absolute Gasteiger partial charge is 0.329 e. The van der Waals surface area contributed by atoms with Crippen molar-refractivity contribution in [2.45, 2.75) is 39.8 Å². The molecule has 0 spiro atoms. The molecule has 9 heteroatoms. The van der Waals surface area contributed by atoms with Crippen LogP contribution in [0.5, 0.6) is 0 Å². The van der Waals surface area contributed by atoms with E-state index in [-0.39, 0.29) is 0 Å². The van der Waals surface area contributed by atoms with E-state index in [1.807, 2.05) is 0 Å². The van der Waals surface area contributed by atoms with Crippen LogP contribution in [-0.4, -0.2) is 26.1 Å². The summed E-state index contributed by atoms with van der Waals surface area (Å²) in [6, 6.07) is 0. The molecule has 25 heavy (non-hydrogen) atoms. The summed E-state index contributed by atoms with van der Waals surface area (Å²) in [4.78, 5) is 44.7. The Bertz CT molecular complexity index is 1050. The number of oxazole rings is 1. The van der Waals surface area contributed by atoms with Crippen molar-refractivity contribution in [2.75, 3.05) is 0 Å². The van der Waals surface area contributed by atoms with Crippen LogP contribution in [0.3, 0.4) is 0 Å². The summed E-state index contributed by atoms with van der Waals surface area (Å²) in [5.74, 6) is -0.280. The second-order valence-corrected chi connectivity index (χ2v) is 7.53. The van der Waals surface area contributed by atoms with Gasteiger partial charge in [0.15, 0.2) is 0 Å². The van der Waals surface area contributed by atoms with Gasteiger partial charge in [0.05, 0.1) is 16.5 Å². The van der Waals surface area contributed by atoms with Gasteiger partial charge in [0.25, 0.3) is 5.56 Å². The molecule has 132 valence electrons. The molecule has 3 aromatic rings. The van der Waals surface area contributed by atoms with Crippen LogP contribution < -0.4 is 11.2 Å². The number of nitrogens with zero attached hydrogens (tertiary/aromatic N) is 2. The summed E-state index contributed by atoms with van der Waals surface area (Å²) in [6.07, 6.45) is 2.94. The number of ether oxygens (including phenoxy) is 1. The van der Waals surface area contributed by atoms with Crippen molar-refractivity contribution in [1.29, 1.82) is 0 Å². The number of H-pyrrole nitrogens is 1. The predicted octanol–water partition coefficient (Wildman–Crippen LogP) is 2.06. The Balaban J connectivity index is 2.10. The highest BCUT2D eigenvalue weighted by Crippen LogP contribution is 2.34. The van der Waals surface area contributed by atoms with Crippen molar-refractivity contribution in [3.8, 4) is 10.8 Å². The Kier molecular flexibility index (Phi) is 4.11. The van der Waals surface area contributed by atoms with E-state index in [1.54, 1.807) is 27.7 Å². The van der Waals surface area contributed by atoms with Gasteiger partial charge in [-0.1, -0.05) is 0 Å². The molecular weight excluding hydrogens is 346 g/mol. The first-order valence-electron chi connectivity index (χ1n) is 7.55. The first kappa shape index (κ1) is 17.2. The Morgan fingerprint density at radius 1 is 1.40 bits per heavy atom. The zero-order valence-corrected chi connectivity index (χ0v) is 15.0. The summed E-state index contributed by atoms with van der Waals surface area (Å²) in [6.45, 7) is 6.44. The molecule has 0 bridgehead atoms. The lowest BCUT2D eigenvalue weighted by molar-refractivity contribution is -0.155. The summed E-state index contributed by atoms with van der Waals surface area (Å²) >= 11 is 1.21. The van der Waals surface area contributed by atoms with Gasteiger partial charge in [-0.25, -0.2) is 14.3 Å². The average molecular weight is 363 g/mol. The number of hydrogen-bond acceptors (Lipinski definition) is 7. The van der Waals surface area contributed by atoms with Crippen molar-refractivity contribution in [3.63, 3.8) is 0 Å². The fourth-order valence-corrected chi connectivity index (χ4v) is 3.57. The Labute approximate surface area is 146 Å². The summed E-state index contributed by atoms with van der Waals surface area (Å²) in [7, 11) is 0. The molecule has 8 nitrogen and oxygen atoms in total. The van der Waals surface area contributed by atoms with Gasteiger partial charge >= 0.3 is 11.7 Å². The SMILES string of the molecule is Cc1c(-c2ncco2)sc2[nH]c(=O)n(CC(=O)OC(C)(C)C)c(=O)c12. The third-order valence-corrected chi connectivity index (χ3v) is 4.60. The number of esters is 1. The van der Waals surface area contributed by atoms with Gasteiger partial charge in [-0.15, -0.1) is 11.3 Å². The first-order valence-corrected chi connectivity index (χ1v) is 8.37. The van der Waals surface area contributed by atoms with Gasteiger partial charge in [0.2, 0.25) is 5.89 Å². The summed E-state index contributed by atoms with van der Waals surface area (Å²) in [5.41, 5.74) is -1.27. The van der Waals surface area contributed by atoms with Crippen molar-refractivity contribution < 1.29 is 13.9 Å². The zero-order valence-electron chi connectivity index (χ0n) is 14.2. The summed E-state index contributed by atoms with van der Waals surface area (Å²) < 4.78 is 11.3. The lowest BCUT2D eigenvalue weighted by Gasteiger charge is -2.19. The second kappa shape index (κ2) is 5.99. The van der Waals surface area contributed by atoms with Crippen molar-refractivity contribution >= 4 is 27.5 Å². The highest BCUT2D eigenvalue weighted by Gasteiger charge is 2.22. The number of carbonyl (C=O) groups excluding carboxylic acids is 1. The molecule has 0 unspecified atom stereocenters. The number of hydrogen-bond donors (Lipinski definition) is 1. The van der Waals surface area contributed by atoms with Crippen molar-refractivity contribution in [3.05, 3.63) is 38.9 Å². The minimum absolute atomic E-state index is 0.335. The first-order chi connectivity index (χ1) is 11.7. The number of carbonyl (C=O) groups is 1. The van der Waals surface area contributed by atoms with Gasteiger partial charge in [0, 0.05) is 0 Å². The fraction of sp³-hybridized carbons (Fsp3) is 0.375. The molecular formula is C16H17N3O5S. The fourth-order valence-electron chi connectivity index (χ4n) is 2.44. The number of aryl methyl sites for hydroxylation is 1. The van der Waals surface area contributed by atoms with E-state index < -0.39 is 29.4 Å². The number of aromatic nitrogens is 3.